The molecule has 1 rings (SSSR count). The molecule has 0 bridgehead atoms. The molecule has 10 heteroatoms. The van der Waals surface area contributed by atoms with E-state index in [4.69, 9.17) is 24.7 Å². The third-order valence-corrected chi connectivity index (χ3v) is 7.50. The first-order valence-corrected chi connectivity index (χ1v) is 14.0. The minimum absolute atomic E-state index is 0.00840. The first-order chi connectivity index (χ1) is 18.6. The second-order valence-corrected chi connectivity index (χ2v) is 11.1. The molecule has 0 heterocycles. The maximum Gasteiger partial charge on any atom is 0.508 e. The number of rotatable bonds is 15. The van der Waals surface area contributed by atoms with Crippen LogP contribution < -0.4 is 15.2 Å². The number of hydrogen-bond acceptors (Lipinski definition) is 9. The average molecular weight is 566 g/mol. The minimum atomic E-state index is -1.38. The van der Waals surface area contributed by atoms with E-state index in [9.17, 15) is 24.3 Å². The molecule has 0 amide bonds. The van der Waals surface area contributed by atoms with Gasteiger partial charge in [-0.25, -0.2) is 4.79 Å². The van der Waals surface area contributed by atoms with Crippen molar-refractivity contribution in [1.29, 1.82) is 0 Å². The zero-order valence-electron chi connectivity index (χ0n) is 25.3. The normalized spacial score (nSPS) is 15.9. The van der Waals surface area contributed by atoms with E-state index in [1.54, 1.807) is 33.8 Å². The molecule has 0 aliphatic rings. The first-order valence-electron chi connectivity index (χ1n) is 14.0. The standard InChI is InChI=1S/C30H47NO9/c1-10-11-14-37-30(36)38-21(9)20(8)25(26(31)27(32)33)22-12-13-23(39-28(34)18(6)16(2)3)24(15-22)40-29(35)19(7)17(4)5/h12-13,15-21,25-26H,10-11,14,31H2,1-9H3,(H,32,33)/t18?,19?,20?,21?,25?,26-/m0/s1. The summed E-state index contributed by atoms with van der Waals surface area (Å²) in [6.07, 6.45) is -0.0792. The zero-order valence-corrected chi connectivity index (χ0v) is 25.3. The van der Waals surface area contributed by atoms with Crippen molar-refractivity contribution in [3.05, 3.63) is 23.8 Å². The summed E-state index contributed by atoms with van der Waals surface area (Å²) >= 11 is 0. The topological polar surface area (TPSA) is 151 Å². The van der Waals surface area contributed by atoms with Crippen LogP contribution in [0.3, 0.4) is 0 Å². The van der Waals surface area contributed by atoms with E-state index in [2.05, 4.69) is 0 Å². The summed E-state index contributed by atoms with van der Waals surface area (Å²) in [4.78, 5) is 49.7. The van der Waals surface area contributed by atoms with Crippen LogP contribution >= 0.6 is 0 Å². The van der Waals surface area contributed by atoms with E-state index in [0.717, 1.165) is 6.42 Å². The third kappa shape index (κ3) is 10.1. The lowest BCUT2D eigenvalue weighted by Crippen LogP contribution is -2.42. The number of aliphatic carboxylic acids is 1. The van der Waals surface area contributed by atoms with Crippen molar-refractivity contribution in [2.24, 2.45) is 35.3 Å². The zero-order chi connectivity index (χ0) is 30.7. The number of carbonyl (C=O) groups is 4. The molecule has 0 saturated carbocycles. The lowest BCUT2D eigenvalue weighted by atomic mass is 9.79. The molecule has 40 heavy (non-hydrogen) atoms. The molecule has 1 aromatic rings. The monoisotopic (exact) mass is 565 g/mol. The molecular formula is C30H47NO9. The van der Waals surface area contributed by atoms with Crippen LogP contribution in [-0.4, -0.2) is 47.9 Å². The Morgan fingerprint density at radius 1 is 0.850 bits per heavy atom. The number of esters is 2. The summed E-state index contributed by atoms with van der Waals surface area (Å²) in [6.45, 7) is 16.5. The van der Waals surface area contributed by atoms with Crippen LogP contribution in [0, 0.1) is 29.6 Å². The molecule has 0 aliphatic carbocycles. The number of carbonyl (C=O) groups excluding carboxylic acids is 3. The van der Waals surface area contributed by atoms with Crippen LogP contribution in [-0.2, 0) is 23.9 Å². The van der Waals surface area contributed by atoms with E-state index < -0.39 is 59.9 Å². The summed E-state index contributed by atoms with van der Waals surface area (Å²) < 4.78 is 21.8. The van der Waals surface area contributed by atoms with Crippen molar-refractivity contribution in [3.63, 3.8) is 0 Å². The quantitative estimate of drug-likeness (QED) is 0.157. The van der Waals surface area contributed by atoms with Gasteiger partial charge in [0.15, 0.2) is 11.5 Å². The number of hydrogen-bond donors (Lipinski definition) is 2. The highest BCUT2D eigenvalue weighted by molar-refractivity contribution is 5.79. The number of carboxylic acid groups (broad SMARTS) is 1. The Balaban J connectivity index is 3.48. The third-order valence-electron chi connectivity index (χ3n) is 7.50. The van der Waals surface area contributed by atoms with Crippen molar-refractivity contribution in [2.75, 3.05) is 6.61 Å². The van der Waals surface area contributed by atoms with Gasteiger partial charge in [0.05, 0.1) is 18.4 Å². The summed E-state index contributed by atoms with van der Waals surface area (Å²) in [5.41, 5.74) is 6.54. The van der Waals surface area contributed by atoms with E-state index in [-0.39, 0.29) is 29.9 Å². The van der Waals surface area contributed by atoms with E-state index in [1.165, 1.54) is 12.1 Å². The molecule has 0 saturated heterocycles. The SMILES string of the molecule is CCCCOC(=O)OC(C)C(C)C(c1ccc(OC(=O)C(C)C(C)C)c(OC(=O)C(C)C(C)C)c1)[C@H](N)C(=O)O. The lowest BCUT2D eigenvalue weighted by Gasteiger charge is -2.31. The van der Waals surface area contributed by atoms with E-state index in [1.807, 2.05) is 34.6 Å². The van der Waals surface area contributed by atoms with E-state index in [0.29, 0.717) is 12.0 Å². The summed E-state index contributed by atoms with van der Waals surface area (Å²) in [6, 6.07) is 3.11. The smallest absolute Gasteiger partial charge is 0.480 e. The van der Waals surface area contributed by atoms with Gasteiger partial charge in [-0.2, -0.15) is 0 Å². The highest BCUT2D eigenvalue weighted by Crippen LogP contribution is 2.38. The lowest BCUT2D eigenvalue weighted by molar-refractivity contribution is -0.142. The van der Waals surface area contributed by atoms with Crippen LogP contribution in [0.2, 0.25) is 0 Å². The first kappa shape index (κ1) is 34.9. The molecule has 0 radical (unpaired) electrons. The number of ether oxygens (including phenoxy) is 4. The molecule has 5 unspecified atom stereocenters. The van der Waals surface area contributed by atoms with Gasteiger partial charge >= 0.3 is 24.1 Å². The summed E-state index contributed by atoms with van der Waals surface area (Å²) in [7, 11) is 0. The maximum atomic E-state index is 12.9. The molecule has 0 spiro atoms. The Bertz CT molecular complexity index is 1010. The molecule has 1 aromatic carbocycles. The van der Waals surface area contributed by atoms with Gasteiger partial charge in [0, 0.05) is 11.8 Å². The Kier molecular flexibility index (Phi) is 14.1. The van der Waals surface area contributed by atoms with Gasteiger partial charge in [0.1, 0.15) is 12.1 Å². The predicted octanol–water partition coefficient (Wildman–Crippen LogP) is 5.56. The van der Waals surface area contributed by atoms with Crippen molar-refractivity contribution in [2.45, 2.75) is 93.2 Å². The number of nitrogens with two attached hydrogens (primary N) is 1. The Labute approximate surface area is 237 Å². The molecule has 3 N–H and O–H groups in total. The average Bonchev–Trinajstić information content (AvgIpc) is 2.88. The highest BCUT2D eigenvalue weighted by atomic mass is 16.7. The summed E-state index contributed by atoms with van der Waals surface area (Å²) in [5.74, 6) is -4.58. The fourth-order valence-corrected chi connectivity index (χ4v) is 3.72. The fraction of sp³-hybridized carbons (Fsp3) is 0.667. The molecule has 0 aromatic heterocycles. The second kappa shape index (κ2) is 16.2. The van der Waals surface area contributed by atoms with Crippen LogP contribution in [0.4, 0.5) is 4.79 Å². The van der Waals surface area contributed by atoms with Gasteiger partial charge in [-0.3, -0.25) is 14.4 Å². The van der Waals surface area contributed by atoms with Gasteiger partial charge in [-0.15, -0.1) is 0 Å². The van der Waals surface area contributed by atoms with Gasteiger partial charge in [-0.05, 0) is 42.9 Å². The van der Waals surface area contributed by atoms with Crippen molar-refractivity contribution >= 4 is 24.1 Å². The van der Waals surface area contributed by atoms with Crippen molar-refractivity contribution in [1.82, 2.24) is 0 Å². The van der Waals surface area contributed by atoms with Crippen LogP contribution in [0.5, 0.6) is 11.5 Å². The van der Waals surface area contributed by atoms with Crippen molar-refractivity contribution in [3.8, 4) is 11.5 Å². The Hall–Kier alpha value is -3.14. The van der Waals surface area contributed by atoms with Gasteiger partial charge in [0.25, 0.3) is 0 Å². The van der Waals surface area contributed by atoms with E-state index >= 15 is 0 Å². The fourth-order valence-electron chi connectivity index (χ4n) is 3.72. The summed E-state index contributed by atoms with van der Waals surface area (Å²) in [5, 5.41) is 9.79. The largest absolute Gasteiger partial charge is 0.508 e. The molecular weight excluding hydrogens is 518 g/mol. The number of carboxylic acids is 1. The molecule has 0 fully saturated rings. The maximum absolute atomic E-state index is 12.9. The highest BCUT2D eigenvalue weighted by Gasteiger charge is 2.36. The van der Waals surface area contributed by atoms with Crippen molar-refractivity contribution < 1.29 is 43.2 Å². The number of unbranched alkanes of at least 4 members (excludes halogenated alkanes) is 1. The molecule has 6 atom stereocenters. The molecule has 10 nitrogen and oxygen atoms in total. The number of benzene rings is 1. The van der Waals surface area contributed by atoms with Gasteiger partial charge < -0.3 is 29.8 Å². The Morgan fingerprint density at radius 2 is 1.38 bits per heavy atom. The Morgan fingerprint density at radius 3 is 1.85 bits per heavy atom. The molecule has 226 valence electrons. The predicted molar refractivity (Wildman–Crippen MR) is 150 cm³/mol. The second-order valence-electron chi connectivity index (χ2n) is 11.1. The molecule has 0 aliphatic heterocycles. The van der Waals surface area contributed by atoms with Crippen LogP contribution in [0.25, 0.3) is 0 Å². The minimum Gasteiger partial charge on any atom is -0.480 e. The van der Waals surface area contributed by atoms with Crippen LogP contribution in [0.1, 0.15) is 86.6 Å². The van der Waals surface area contributed by atoms with Gasteiger partial charge in [-0.1, -0.05) is 67.9 Å². The van der Waals surface area contributed by atoms with Gasteiger partial charge in [0.2, 0.25) is 0 Å². The van der Waals surface area contributed by atoms with Crippen LogP contribution in [0.15, 0.2) is 18.2 Å².